The number of hydrogen-bond donors (Lipinski definition) is 1. The number of nitrogens with one attached hydrogen (secondary N) is 1. The second-order valence-electron chi connectivity index (χ2n) is 6.18. The van der Waals surface area contributed by atoms with Gasteiger partial charge in [0.05, 0.1) is 12.8 Å². The molecule has 0 saturated heterocycles. The molecule has 1 aromatic carbocycles. The fourth-order valence-corrected chi connectivity index (χ4v) is 2.55. The molecule has 3 heteroatoms. The second-order valence-corrected chi connectivity index (χ2v) is 6.18. The molecule has 0 bridgehead atoms. The minimum atomic E-state index is 0.743. The standard InChI is InChI=1S/C18H24N2O/c1-14-5-3-4-6-16(14)11-20(2)12-18-9-15(13-21-18)10-19-17-7-8-17/h3-6,9,13,17,19H,7-8,10-12H2,1-2H3. The molecular weight excluding hydrogens is 260 g/mol. The number of rotatable bonds is 7. The van der Waals surface area contributed by atoms with Crippen LogP contribution >= 0.6 is 0 Å². The van der Waals surface area contributed by atoms with E-state index in [1.165, 1.54) is 29.5 Å². The van der Waals surface area contributed by atoms with E-state index in [1.54, 1.807) is 0 Å². The van der Waals surface area contributed by atoms with E-state index in [1.807, 2.05) is 6.26 Å². The van der Waals surface area contributed by atoms with Crippen molar-refractivity contribution in [3.8, 4) is 0 Å². The van der Waals surface area contributed by atoms with Crippen molar-refractivity contribution in [3.05, 3.63) is 59.0 Å². The summed E-state index contributed by atoms with van der Waals surface area (Å²) < 4.78 is 5.67. The summed E-state index contributed by atoms with van der Waals surface area (Å²) in [5.41, 5.74) is 3.97. The summed E-state index contributed by atoms with van der Waals surface area (Å²) in [6.45, 7) is 4.88. The van der Waals surface area contributed by atoms with Crippen LogP contribution in [-0.4, -0.2) is 18.0 Å². The van der Waals surface area contributed by atoms with Gasteiger partial charge in [-0.05, 0) is 44.0 Å². The zero-order valence-electron chi connectivity index (χ0n) is 12.9. The van der Waals surface area contributed by atoms with Gasteiger partial charge >= 0.3 is 0 Å². The zero-order chi connectivity index (χ0) is 14.7. The van der Waals surface area contributed by atoms with Crippen molar-refractivity contribution >= 4 is 0 Å². The van der Waals surface area contributed by atoms with Crippen LogP contribution < -0.4 is 5.32 Å². The highest BCUT2D eigenvalue weighted by molar-refractivity contribution is 5.25. The van der Waals surface area contributed by atoms with Gasteiger partial charge in [-0.1, -0.05) is 24.3 Å². The largest absolute Gasteiger partial charge is 0.468 e. The summed E-state index contributed by atoms with van der Waals surface area (Å²) in [6, 6.07) is 11.5. The molecule has 0 aliphatic heterocycles. The van der Waals surface area contributed by atoms with E-state index < -0.39 is 0 Å². The first-order valence-corrected chi connectivity index (χ1v) is 7.73. The van der Waals surface area contributed by atoms with Crippen LogP contribution in [0.5, 0.6) is 0 Å². The Morgan fingerprint density at radius 3 is 2.81 bits per heavy atom. The Morgan fingerprint density at radius 2 is 2.05 bits per heavy atom. The highest BCUT2D eigenvalue weighted by Crippen LogP contribution is 2.20. The van der Waals surface area contributed by atoms with Crippen LogP contribution in [0, 0.1) is 6.92 Å². The summed E-state index contributed by atoms with van der Waals surface area (Å²) in [5.74, 6) is 1.04. The number of furan rings is 1. The fourth-order valence-electron chi connectivity index (χ4n) is 2.55. The van der Waals surface area contributed by atoms with Gasteiger partial charge in [-0.3, -0.25) is 4.90 Å². The Hall–Kier alpha value is -1.58. The van der Waals surface area contributed by atoms with Crippen LogP contribution in [0.3, 0.4) is 0 Å². The lowest BCUT2D eigenvalue weighted by Gasteiger charge is -2.16. The van der Waals surface area contributed by atoms with Crippen molar-refractivity contribution < 1.29 is 4.42 Å². The zero-order valence-corrected chi connectivity index (χ0v) is 12.9. The van der Waals surface area contributed by atoms with Gasteiger partial charge in [-0.2, -0.15) is 0 Å². The van der Waals surface area contributed by atoms with Crippen LogP contribution in [0.15, 0.2) is 41.0 Å². The van der Waals surface area contributed by atoms with E-state index in [2.05, 4.69) is 54.5 Å². The molecule has 0 unspecified atom stereocenters. The molecule has 3 rings (SSSR count). The molecule has 2 aromatic rings. The van der Waals surface area contributed by atoms with Crippen LogP contribution in [-0.2, 0) is 19.6 Å². The minimum Gasteiger partial charge on any atom is -0.468 e. The van der Waals surface area contributed by atoms with Gasteiger partial charge in [0.2, 0.25) is 0 Å². The van der Waals surface area contributed by atoms with E-state index in [0.717, 1.165) is 31.4 Å². The highest BCUT2D eigenvalue weighted by atomic mass is 16.3. The van der Waals surface area contributed by atoms with Crippen LogP contribution in [0.4, 0.5) is 0 Å². The molecule has 1 aliphatic rings. The van der Waals surface area contributed by atoms with Gasteiger partial charge in [0.15, 0.2) is 0 Å². The van der Waals surface area contributed by atoms with Gasteiger partial charge in [0.1, 0.15) is 5.76 Å². The summed E-state index contributed by atoms with van der Waals surface area (Å²) in [5, 5.41) is 3.51. The monoisotopic (exact) mass is 284 g/mol. The molecule has 1 heterocycles. The Labute approximate surface area is 127 Å². The number of benzene rings is 1. The SMILES string of the molecule is Cc1ccccc1CN(C)Cc1cc(CNC2CC2)co1. The highest BCUT2D eigenvalue weighted by Gasteiger charge is 2.20. The summed E-state index contributed by atoms with van der Waals surface area (Å²) in [4.78, 5) is 2.29. The fraction of sp³-hybridized carbons (Fsp3) is 0.444. The molecule has 1 fully saturated rings. The van der Waals surface area contributed by atoms with Gasteiger partial charge in [-0.25, -0.2) is 0 Å². The van der Waals surface area contributed by atoms with Crippen molar-refractivity contribution in [1.82, 2.24) is 10.2 Å². The number of aryl methyl sites for hydroxylation is 1. The lowest BCUT2D eigenvalue weighted by atomic mass is 10.1. The lowest BCUT2D eigenvalue weighted by Crippen LogP contribution is -2.17. The average molecular weight is 284 g/mol. The number of hydrogen-bond acceptors (Lipinski definition) is 3. The third kappa shape index (κ3) is 4.19. The van der Waals surface area contributed by atoms with Gasteiger partial charge < -0.3 is 9.73 Å². The van der Waals surface area contributed by atoms with Crippen molar-refractivity contribution in [2.24, 2.45) is 0 Å². The Kier molecular flexibility index (Phi) is 4.42. The quantitative estimate of drug-likeness (QED) is 0.844. The molecule has 0 spiro atoms. The molecule has 112 valence electrons. The van der Waals surface area contributed by atoms with Gasteiger partial charge in [0.25, 0.3) is 0 Å². The van der Waals surface area contributed by atoms with Crippen molar-refractivity contribution in [2.75, 3.05) is 7.05 Å². The predicted octanol–water partition coefficient (Wildman–Crippen LogP) is 3.47. The van der Waals surface area contributed by atoms with Crippen molar-refractivity contribution in [2.45, 2.75) is 45.4 Å². The maximum atomic E-state index is 5.67. The molecule has 1 aliphatic carbocycles. The predicted molar refractivity (Wildman–Crippen MR) is 84.9 cm³/mol. The molecular formula is C18H24N2O. The summed E-state index contributed by atoms with van der Waals surface area (Å²) in [7, 11) is 2.14. The molecule has 0 radical (unpaired) electrons. The third-order valence-electron chi connectivity index (χ3n) is 4.01. The summed E-state index contributed by atoms with van der Waals surface area (Å²) >= 11 is 0. The smallest absolute Gasteiger partial charge is 0.118 e. The van der Waals surface area contributed by atoms with E-state index >= 15 is 0 Å². The Morgan fingerprint density at radius 1 is 1.24 bits per heavy atom. The molecule has 21 heavy (non-hydrogen) atoms. The topological polar surface area (TPSA) is 28.4 Å². The average Bonchev–Trinajstić information content (AvgIpc) is 3.19. The minimum absolute atomic E-state index is 0.743. The summed E-state index contributed by atoms with van der Waals surface area (Å²) in [6.07, 6.45) is 4.53. The lowest BCUT2D eigenvalue weighted by molar-refractivity contribution is 0.287. The van der Waals surface area contributed by atoms with Crippen LogP contribution in [0.2, 0.25) is 0 Å². The number of nitrogens with zero attached hydrogens (tertiary/aromatic N) is 1. The molecule has 0 amide bonds. The van der Waals surface area contributed by atoms with Crippen LogP contribution in [0.1, 0.15) is 35.3 Å². The first-order valence-electron chi connectivity index (χ1n) is 7.73. The molecule has 1 aromatic heterocycles. The first kappa shape index (κ1) is 14.4. The molecule has 1 N–H and O–H groups in total. The molecule has 0 atom stereocenters. The van der Waals surface area contributed by atoms with Crippen molar-refractivity contribution in [1.29, 1.82) is 0 Å². The maximum Gasteiger partial charge on any atom is 0.118 e. The molecule has 3 nitrogen and oxygen atoms in total. The van der Waals surface area contributed by atoms with E-state index in [0.29, 0.717) is 0 Å². The second kappa shape index (κ2) is 6.46. The van der Waals surface area contributed by atoms with Crippen LogP contribution in [0.25, 0.3) is 0 Å². The van der Waals surface area contributed by atoms with E-state index in [9.17, 15) is 0 Å². The van der Waals surface area contributed by atoms with Crippen molar-refractivity contribution in [3.63, 3.8) is 0 Å². The molecule has 1 saturated carbocycles. The van der Waals surface area contributed by atoms with Gasteiger partial charge in [-0.15, -0.1) is 0 Å². The maximum absolute atomic E-state index is 5.67. The Bertz CT molecular complexity index is 586. The van der Waals surface area contributed by atoms with E-state index in [-0.39, 0.29) is 0 Å². The third-order valence-corrected chi connectivity index (χ3v) is 4.01. The normalized spacial score (nSPS) is 14.8. The van der Waals surface area contributed by atoms with E-state index in [4.69, 9.17) is 4.42 Å². The van der Waals surface area contributed by atoms with Gasteiger partial charge in [0, 0.05) is 24.7 Å². The Balaban J connectivity index is 1.52. The first-order chi connectivity index (χ1) is 10.2.